The molecule has 1 aliphatic heterocycles. The molecular weight excluding hydrogens is 292 g/mol. The van der Waals surface area contributed by atoms with Crippen molar-refractivity contribution >= 4 is 29.4 Å². The van der Waals surface area contributed by atoms with Gasteiger partial charge in [-0.25, -0.2) is 4.79 Å². The number of carbonyl (C=O) groups is 3. The first kappa shape index (κ1) is 15.8. The Balaban J connectivity index is 2.06. The van der Waals surface area contributed by atoms with Crippen LogP contribution >= 0.6 is 11.6 Å². The molecule has 114 valence electrons. The van der Waals surface area contributed by atoms with E-state index in [0.717, 1.165) is 30.6 Å². The molecule has 0 aromatic rings. The number of barbiturate groups is 1. The van der Waals surface area contributed by atoms with Gasteiger partial charge in [-0.2, -0.15) is 0 Å². The van der Waals surface area contributed by atoms with Crippen LogP contribution in [0.25, 0.3) is 0 Å². The molecule has 1 heterocycles. The minimum atomic E-state index is -0.661. The van der Waals surface area contributed by atoms with Gasteiger partial charge in [0.15, 0.2) is 0 Å². The van der Waals surface area contributed by atoms with Crippen LogP contribution in [0.5, 0.6) is 0 Å². The van der Waals surface area contributed by atoms with Crippen LogP contribution in [0, 0.1) is 5.92 Å². The van der Waals surface area contributed by atoms with Crippen LogP contribution in [0.2, 0.25) is 0 Å². The molecule has 6 heteroatoms. The van der Waals surface area contributed by atoms with Crippen molar-refractivity contribution in [2.75, 3.05) is 6.54 Å². The molecule has 1 aliphatic carbocycles. The average molecular weight is 311 g/mol. The second-order valence-corrected chi connectivity index (χ2v) is 5.92. The van der Waals surface area contributed by atoms with E-state index < -0.39 is 17.8 Å². The molecule has 2 atom stereocenters. The molecule has 2 unspecified atom stereocenters. The monoisotopic (exact) mass is 310 g/mol. The summed E-state index contributed by atoms with van der Waals surface area (Å²) in [4.78, 5) is 36.2. The second-order valence-electron chi connectivity index (χ2n) is 5.30. The zero-order chi connectivity index (χ0) is 15.4. The summed E-state index contributed by atoms with van der Waals surface area (Å²) in [7, 11) is 0. The molecule has 2 aliphatic rings. The van der Waals surface area contributed by atoms with Crippen molar-refractivity contribution in [1.29, 1.82) is 0 Å². The summed E-state index contributed by atoms with van der Waals surface area (Å²) in [5.74, 6) is -0.809. The summed E-state index contributed by atoms with van der Waals surface area (Å²) in [5, 5.41) is 2.36. The smallest absolute Gasteiger partial charge is 0.273 e. The molecule has 1 N–H and O–H groups in total. The van der Waals surface area contributed by atoms with Gasteiger partial charge in [0, 0.05) is 11.9 Å². The fourth-order valence-corrected chi connectivity index (χ4v) is 3.03. The van der Waals surface area contributed by atoms with Gasteiger partial charge in [0.1, 0.15) is 5.57 Å². The number of imide groups is 2. The van der Waals surface area contributed by atoms with Crippen molar-refractivity contribution in [3.05, 3.63) is 23.8 Å². The number of halogens is 1. The van der Waals surface area contributed by atoms with Gasteiger partial charge in [0.25, 0.3) is 11.8 Å². The minimum absolute atomic E-state index is 0.00840. The molecule has 0 spiro atoms. The Bertz CT molecular complexity index is 513. The topological polar surface area (TPSA) is 66.5 Å². The standard InChI is InChI=1S/C15H19ClN2O3/c1-2-18-14(20)12(13(19)17-15(18)21)8-4-6-10-5-3-7-11(16)9-10/h4,6,8,10-11H,2-3,5,7,9H2,1H3,(H,17,19,21)/b6-4+,12-8+. The summed E-state index contributed by atoms with van der Waals surface area (Å²) in [6, 6.07) is -0.661. The Kier molecular flexibility index (Phi) is 5.17. The van der Waals surface area contributed by atoms with E-state index in [4.69, 9.17) is 11.6 Å². The summed E-state index contributed by atoms with van der Waals surface area (Å²) in [6.45, 7) is 1.92. The third kappa shape index (κ3) is 3.73. The van der Waals surface area contributed by atoms with Gasteiger partial charge in [0.2, 0.25) is 0 Å². The summed E-state index contributed by atoms with van der Waals surface area (Å²) in [5.41, 5.74) is -0.00840. The van der Waals surface area contributed by atoms with Crippen molar-refractivity contribution in [3.63, 3.8) is 0 Å². The van der Waals surface area contributed by atoms with Crippen molar-refractivity contribution in [3.8, 4) is 0 Å². The molecular formula is C15H19ClN2O3. The number of allylic oxidation sites excluding steroid dienone is 3. The van der Waals surface area contributed by atoms with Crippen LogP contribution in [-0.4, -0.2) is 34.7 Å². The number of hydrogen-bond donors (Lipinski definition) is 1. The van der Waals surface area contributed by atoms with Crippen LogP contribution < -0.4 is 5.32 Å². The third-order valence-electron chi connectivity index (χ3n) is 3.80. The van der Waals surface area contributed by atoms with Crippen molar-refractivity contribution in [2.45, 2.75) is 38.0 Å². The maximum Gasteiger partial charge on any atom is 0.331 e. The summed E-state index contributed by atoms with van der Waals surface area (Å²) >= 11 is 6.13. The molecule has 21 heavy (non-hydrogen) atoms. The number of rotatable bonds is 3. The molecule has 4 amide bonds. The van der Waals surface area contributed by atoms with E-state index >= 15 is 0 Å². The largest absolute Gasteiger partial charge is 0.331 e. The van der Waals surface area contributed by atoms with Crippen LogP contribution in [-0.2, 0) is 9.59 Å². The lowest BCUT2D eigenvalue weighted by atomic mass is 9.88. The highest BCUT2D eigenvalue weighted by Gasteiger charge is 2.34. The molecule has 1 saturated carbocycles. The van der Waals surface area contributed by atoms with Gasteiger partial charge in [-0.1, -0.05) is 18.6 Å². The Morgan fingerprint density at radius 2 is 2.10 bits per heavy atom. The Hall–Kier alpha value is -1.62. The predicted octanol–water partition coefficient (Wildman–Crippen LogP) is 2.36. The van der Waals surface area contributed by atoms with Gasteiger partial charge in [-0.3, -0.25) is 19.8 Å². The van der Waals surface area contributed by atoms with E-state index in [9.17, 15) is 14.4 Å². The average Bonchev–Trinajstić information content (AvgIpc) is 2.43. The highest BCUT2D eigenvalue weighted by molar-refractivity contribution is 6.28. The molecule has 0 bridgehead atoms. The summed E-state index contributed by atoms with van der Waals surface area (Å²) < 4.78 is 0. The van der Waals surface area contributed by atoms with Gasteiger partial charge >= 0.3 is 6.03 Å². The number of amides is 4. The fraction of sp³-hybridized carbons (Fsp3) is 0.533. The molecule has 5 nitrogen and oxygen atoms in total. The zero-order valence-corrected chi connectivity index (χ0v) is 12.7. The lowest BCUT2D eigenvalue weighted by molar-refractivity contribution is -0.130. The first-order chi connectivity index (χ1) is 10.0. The van der Waals surface area contributed by atoms with Crippen molar-refractivity contribution < 1.29 is 14.4 Å². The SMILES string of the molecule is CCN1C(=O)NC(=O)/C(=C\C=C\C2CCCC(Cl)C2)C1=O. The summed E-state index contributed by atoms with van der Waals surface area (Å²) in [6.07, 6.45) is 9.30. The molecule has 2 rings (SSSR count). The molecule has 0 aromatic heterocycles. The number of nitrogens with one attached hydrogen (secondary N) is 1. The molecule has 2 fully saturated rings. The molecule has 0 aromatic carbocycles. The second kappa shape index (κ2) is 6.89. The van der Waals surface area contributed by atoms with E-state index in [1.807, 2.05) is 6.08 Å². The third-order valence-corrected chi connectivity index (χ3v) is 4.20. The number of urea groups is 1. The van der Waals surface area contributed by atoms with Crippen LogP contribution in [0.4, 0.5) is 4.79 Å². The number of hydrogen-bond acceptors (Lipinski definition) is 3. The number of carbonyl (C=O) groups excluding carboxylic acids is 3. The molecule has 1 saturated heterocycles. The number of likely N-dealkylation sites (N-methyl/N-ethyl adjacent to an activating group) is 1. The fourth-order valence-electron chi connectivity index (χ4n) is 2.65. The van der Waals surface area contributed by atoms with Crippen LogP contribution in [0.3, 0.4) is 0 Å². The molecule has 0 radical (unpaired) electrons. The highest BCUT2D eigenvalue weighted by Crippen LogP contribution is 2.28. The maximum absolute atomic E-state index is 12.0. The Morgan fingerprint density at radius 3 is 2.76 bits per heavy atom. The van der Waals surface area contributed by atoms with Crippen molar-refractivity contribution in [2.24, 2.45) is 5.92 Å². The maximum atomic E-state index is 12.0. The van der Waals surface area contributed by atoms with Gasteiger partial charge in [-0.05, 0) is 38.2 Å². The van der Waals surface area contributed by atoms with E-state index in [-0.39, 0.29) is 17.5 Å². The van der Waals surface area contributed by atoms with E-state index in [0.29, 0.717) is 5.92 Å². The quantitative estimate of drug-likeness (QED) is 0.494. The normalized spacial score (nSPS) is 29.3. The van der Waals surface area contributed by atoms with Gasteiger partial charge < -0.3 is 0 Å². The van der Waals surface area contributed by atoms with Gasteiger partial charge in [-0.15, -0.1) is 11.6 Å². The first-order valence-electron chi connectivity index (χ1n) is 7.22. The lowest BCUT2D eigenvalue weighted by Crippen LogP contribution is -2.53. The Morgan fingerprint density at radius 1 is 1.33 bits per heavy atom. The lowest BCUT2D eigenvalue weighted by Gasteiger charge is -2.25. The van der Waals surface area contributed by atoms with E-state index in [1.54, 1.807) is 13.0 Å². The predicted molar refractivity (Wildman–Crippen MR) is 79.7 cm³/mol. The van der Waals surface area contributed by atoms with Crippen LogP contribution in [0.1, 0.15) is 32.6 Å². The van der Waals surface area contributed by atoms with Crippen LogP contribution in [0.15, 0.2) is 23.8 Å². The van der Waals surface area contributed by atoms with Crippen molar-refractivity contribution in [1.82, 2.24) is 10.2 Å². The van der Waals surface area contributed by atoms with E-state index in [1.165, 1.54) is 6.08 Å². The Labute approximate surface area is 129 Å². The minimum Gasteiger partial charge on any atom is -0.273 e. The first-order valence-corrected chi connectivity index (χ1v) is 7.66. The van der Waals surface area contributed by atoms with E-state index in [2.05, 4.69) is 5.32 Å². The zero-order valence-electron chi connectivity index (χ0n) is 12.0. The number of nitrogens with zero attached hydrogens (tertiary/aromatic N) is 1. The van der Waals surface area contributed by atoms with Gasteiger partial charge in [0.05, 0.1) is 0 Å². The number of alkyl halides is 1. The highest BCUT2D eigenvalue weighted by atomic mass is 35.5.